The number of halogens is 1. The van der Waals surface area contributed by atoms with E-state index in [1.54, 1.807) is 7.11 Å². The molecular formula is C17H25BrO. The quantitative estimate of drug-likeness (QED) is 0.644. The van der Waals surface area contributed by atoms with Crippen molar-refractivity contribution in [2.75, 3.05) is 7.11 Å². The van der Waals surface area contributed by atoms with Crippen molar-refractivity contribution in [3.8, 4) is 5.75 Å². The van der Waals surface area contributed by atoms with Gasteiger partial charge in [-0.05, 0) is 55.2 Å². The Labute approximate surface area is 125 Å². The highest BCUT2D eigenvalue weighted by Crippen LogP contribution is 2.54. The molecular weight excluding hydrogens is 300 g/mol. The standard InChI is InChI=1S/C17H25BrO/c1-5-17(8-6-7-9-17)16(18)14-10-12(2)15(19-4)13(3)11-14/h10-11,16H,5-9H2,1-4H3. The van der Waals surface area contributed by atoms with Crippen LogP contribution in [0.2, 0.25) is 0 Å². The summed E-state index contributed by atoms with van der Waals surface area (Å²) in [6.45, 7) is 6.62. The Morgan fingerprint density at radius 1 is 1.21 bits per heavy atom. The van der Waals surface area contributed by atoms with Gasteiger partial charge in [-0.1, -0.05) is 47.8 Å². The maximum absolute atomic E-state index is 5.47. The minimum absolute atomic E-state index is 0.452. The fourth-order valence-electron chi connectivity index (χ4n) is 3.67. The first-order chi connectivity index (χ1) is 9.04. The van der Waals surface area contributed by atoms with Crippen LogP contribution in [0.25, 0.3) is 0 Å². The maximum Gasteiger partial charge on any atom is 0.124 e. The fraction of sp³-hybridized carbons (Fsp3) is 0.647. The van der Waals surface area contributed by atoms with Crippen molar-refractivity contribution in [2.24, 2.45) is 5.41 Å². The van der Waals surface area contributed by atoms with Crippen LogP contribution < -0.4 is 4.74 Å². The Hall–Kier alpha value is -0.500. The zero-order valence-corrected chi connectivity index (χ0v) is 14.1. The van der Waals surface area contributed by atoms with Crippen LogP contribution in [0.4, 0.5) is 0 Å². The van der Waals surface area contributed by atoms with E-state index in [-0.39, 0.29) is 0 Å². The molecule has 0 saturated heterocycles. The van der Waals surface area contributed by atoms with Crippen LogP contribution in [0, 0.1) is 19.3 Å². The number of alkyl halides is 1. The molecule has 1 fully saturated rings. The van der Waals surface area contributed by atoms with Crippen LogP contribution in [0.1, 0.15) is 60.5 Å². The van der Waals surface area contributed by atoms with Crippen LogP contribution in [0.15, 0.2) is 12.1 Å². The second kappa shape index (κ2) is 5.87. The fourth-order valence-corrected chi connectivity index (χ4v) is 4.72. The van der Waals surface area contributed by atoms with Gasteiger partial charge in [-0.15, -0.1) is 0 Å². The number of hydrogen-bond acceptors (Lipinski definition) is 1. The summed E-state index contributed by atoms with van der Waals surface area (Å²) in [5.41, 5.74) is 4.35. The van der Waals surface area contributed by atoms with E-state index in [9.17, 15) is 0 Å². The monoisotopic (exact) mass is 324 g/mol. The van der Waals surface area contributed by atoms with Gasteiger partial charge in [-0.2, -0.15) is 0 Å². The van der Waals surface area contributed by atoms with Crippen molar-refractivity contribution in [1.82, 2.24) is 0 Å². The van der Waals surface area contributed by atoms with Gasteiger partial charge >= 0.3 is 0 Å². The number of ether oxygens (including phenoxy) is 1. The Morgan fingerprint density at radius 3 is 2.16 bits per heavy atom. The second-order valence-electron chi connectivity index (χ2n) is 5.97. The van der Waals surface area contributed by atoms with Gasteiger partial charge in [-0.3, -0.25) is 0 Å². The molecule has 2 rings (SSSR count). The van der Waals surface area contributed by atoms with E-state index in [1.807, 2.05) is 0 Å². The summed E-state index contributed by atoms with van der Waals surface area (Å²) >= 11 is 4.00. The van der Waals surface area contributed by atoms with Crippen LogP contribution in [-0.4, -0.2) is 7.11 Å². The lowest BCUT2D eigenvalue weighted by molar-refractivity contribution is 0.279. The molecule has 106 valence electrons. The molecule has 0 bridgehead atoms. The van der Waals surface area contributed by atoms with Gasteiger partial charge < -0.3 is 4.74 Å². The third-order valence-electron chi connectivity index (χ3n) is 4.82. The number of benzene rings is 1. The highest BCUT2D eigenvalue weighted by molar-refractivity contribution is 9.09. The summed E-state index contributed by atoms with van der Waals surface area (Å²) in [5.74, 6) is 1.03. The second-order valence-corrected chi connectivity index (χ2v) is 6.89. The van der Waals surface area contributed by atoms with Gasteiger partial charge in [0, 0.05) is 4.83 Å². The van der Waals surface area contributed by atoms with Gasteiger partial charge in [0.05, 0.1) is 7.11 Å². The lowest BCUT2D eigenvalue weighted by Crippen LogP contribution is -2.21. The zero-order chi connectivity index (χ0) is 14.0. The van der Waals surface area contributed by atoms with Crippen LogP contribution in [-0.2, 0) is 0 Å². The first kappa shape index (κ1) is 14.9. The molecule has 0 spiro atoms. The van der Waals surface area contributed by atoms with E-state index in [4.69, 9.17) is 4.74 Å². The van der Waals surface area contributed by atoms with Crippen LogP contribution in [0.5, 0.6) is 5.75 Å². The molecule has 0 aromatic heterocycles. The third kappa shape index (κ3) is 2.69. The molecule has 1 aromatic carbocycles. The van der Waals surface area contributed by atoms with Crippen molar-refractivity contribution in [3.05, 3.63) is 28.8 Å². The molecule has 1 saturated carbocycles. The summed E-state index contributed by atoms with van der Waals surface area (Å²) in [6.07, 6.45) is 6.72. The molecule has 2 heteroatoms. The first-order valence-corrected chi connectivity index (χ1v) is 8.25. The first-order valence-electron chi connectivity index (χ1n) is 7.33. The van der Waals surface area contributed by atoms with Crippen molar-refractivity contribution >= 4 is 15.9 Å². The summed E-state index contributed by atoms with van der Waals surface area (Å²) in [5, 5.41) is 0. The predicted octanol–water partition coefficient (Wildman–Crippen LogP) is 5.72. The Balaban J connectivity index is 2.36. The topological polar surface area (TPSA) is 9.23 Å². The zero-order valence-electron chi connectivity index (χ0n) is 12.6. The molecule has 1 nitrogen and oxygen atoms in total. The van der Waals surface area contributed by atoms with Gasteiger partial charge in [-0.25, -0.2) is 0 Å². The lowest BCUT2D eigenvalue weighted by atomic mass is 9.77. The molecule has 0 aliphatic heterocycles. The van der Waals surface area contributed by atoms with E-state index in [1.165, 1.54) is 48.8 Å². The molecule has 1 unspecified atom stereocenters. The highest BCUT2D eigenvalue weighted by Gasteiger charge is 2.39. The number of hydrogen-bond donors (Lipinski definition) is 0. The minimum atomic E-state index is 0.452. The molecule has 1 aliphatic rings. The Morgan fingerprint density at radius 2 is 1.74 bits per heavy atom. The molecule has 0 amide bonds. The molecule has 1 aliphatic carbocycles. The SMILES string of the molecule is CCC1(C(Br)c2cc(C)c(OC)c(C)c2)CCCC1. The molecule has 1 aromatic rings. The van der Waals surface area contributed by atoms with Gasteiger partial charge in [0.25, 0.3) is 0 Å². The molecule has 0 radical (unpaired) electrons. The molecule has 19 heavy (non-hydrogen) atoms. The van der Waals surface area contributed by atoms with Crippen molar-refractivity contribution in [3.63, 3.8) is 0 Å². The molecule has 0 heterocycles. The Kier molecular flexibility index (Phi) is 4.60. The van der Waals surface area contributed by atoms with Crippen molar-refractivity contribution in [2.45, 2.75) is 57.7 Å². The molecule has 1 atom stereocenters. The number of rotatable bonds is 4. The van der Waals surface area contributed by atoms with Crippen molar-refractivity contribution in [1.29, 1.82) is 0 Å². The van der Waals surface area contributed by atoms with Crippen LogP contribution in [0.3, 0.4) is 0 Å². The summed E-state index contributed by atoms with van der Waals surface area (Å²) < 4.78 is 5.47. The van der Waals surface area contributed by atoms with E-state index in [2.05, 4.69) is 48.8 Å². The average molecular weight is 325 g/mol. The largest absolute Gasteiger partial charge is 0.496 e. The van der Waals surface area contributed by atoms with E-state index in [0.29, 0.717) is 10.2 Å². The number of methoxy groups -OCH3 is 1. The Bertz CT molecular complexity index is 424. The predicted molar refractivity (Wildman–Crippen MR) is 85.3 cm³/mol. The summed E-state index contributed by atoms with van der Waals surface area (Å²) in [7, 11) is 1.76. The van der Waals surface area contributed by atoms with Crippen LogP contribution >= 0.6 is 15.9 Å². The molecule has 0 N–H and O–H groups in total. The summed E-state index contributed by atoms with van der Waals surface area (Å²) in [4.78, 5) is 0.468. The van der Waals surface area contributed by atoms with Gasteiger partial charge in [0.1, 0.15) is 5.75 Å². The normalized spacial score (nSPS) is 19.4. The maximum atomic E-state index is 5.47. The van der Waals surface area contributed by atoms with E-state index >= 15 is 0 Å². The smallest absolute Gasteiger partial charge is 0.124 e. The third-order valence-corrected chi connectivity index (χ3v) is 6.32. The van der Waals surface area contributed by atoms with Crippen molar-refractivity contribution < 1.29 is 4.74 Å². The average Bonchev–Trinajstić information content (AvgIpc) is 2.87. The van der Waals surface area contributed by atoms with Gasteiger partial charge in [0.15, 0.2) is 0 Å². The minimum Gasteiger partial charge on any atom is -0.496 e. The van der Waals surface area contributed by atoms with E-state index in [0.717, 1.165) is 5.75 Å². The highest BCUT2D eigenvalue weighted by atomic mass is 79.9. The van der Waals surface area contributed by atoms with E-state index < -0.39 is 0 Å². The lowest BCUT2D eigenvalue weighted by Gasteiger charge is -2.34. The number of aryl methyl sites for hydroxylation is 2. The van der Waals surface area contributed by atoms with Gasteiger partial charge in [0.2, 0.25) is 0 Å². The summed E-state index contributed by atoms with van der Waals surface area (Å²) in [6, 6.07) is 4.59.